The van der Waals surface area contributed by atoms with Gasteiger partial charge in [0.15, 0.2) is 0 Å². The van der Waals surface area contributed by atoms with Gasteiger partial charge in [-0.05, 0) is 45.2 Å². The number of carbonyl (C=O) groups excluding carboxylic acids is 2. The number of piperidine rings is 1. The molecule has 1 fully saturated rings. The van der Waals surface area contributed by atoms with Crippen molar-refractivity contribution in [2.45, 2.75) is 46.1 Å². The molecule has 1 saturated heterocycles. The van der Waals surface area contributed by atoms with Gasteiger partial charge >= 0.3 is 0 Å². The highest BCUT2D eigenvalue weighted by Crippen LogP contribution is 2.37. The number of amides is 2. The maximum Gasteiger partial charge on any atom is 0.277 e. The maximum absolute atomic E-state index is 13.7. The van der Waals surface area contributed by atoms with E-state index in [4.69, 9.17) is 23.2 Å². The van der Waals surface area contributed by atoms with Crippen LogP contribution in [0.4, 0.5) is 5.69 Å². The van der Waals surface area contributed by atoms with Crippen molar-refractivity contribution in [3.63, 3.8) is 0 Å². The van der Waals surface area contributed by atoms with Gasteiger partial charge in [-0.15, -0.1) is 0 Å². The Kier molecular flexibility index (Phi) is 6.01. The van der Waals surface area contributed by atoms with Crippen LogP contribution in [0.3, 0.4) is 0 Å². The lowest BCUT2D eigenvalue weighted by atomic mass is 9.97. The zero-order chi connectivity index (χ0) is 23.2. The monoisotopic (exact) mass is 475 g/mol. The number of likely N-dealkylation sites (tertiary alicyclic amines) is 1. The van der Waals surface area contributed by atoms with Crippen LogP contribution in [0.25, 0.3) is 5.65 Å². The van der Waals surface area contributed by atoms with E-state index < -0.39 is 0 Å². The number of fused-ring (bicyclic) bond motifs is 1. The fraction of sp³-hybridized carbons (Fsp3) is 0.364. The summed E-state index contributed by atoms with van der Waals surface area (Å²) in [6, 6.07) is 4.54. The summed E-state index contributed by atoms with van der Waals surface area (Å²) >= 11 is 12.7. The van der Waals surface area contributed by atoms with Crippen LogP contribution in [0.5, 0.6) is 0 Å². The van der Waals surface area contributed by atoms with Crippen molar-refractivity contribution in [3.05, 3.63) is 61.1 Å². The van der Waals surface area contributed by atoms with Gasteiger partial charge in [0.25, 0.3) is 11.5 Å². The van der Waals surface area contributed by atoms with Crippen molar-refractivity contribution in [2.24, 2.45) is 0 Å². The van der Waals surface area contributed by atoms with Crippen LogP contribution >= 0.6 is 23.2 Å². The second kappa shape index (κ2) is 8.60. The average Bonchev–Trinajstić information content (AvgIpc) is 3.18. The molecular weight excluding hydrogens is 453 g/mol. The minimum atomic E-state index is -0.358. The van der Waals surface area contributed by atoms with Crippen LogP contribution in [0.2, 0.25) is 10.0 Å². The summed E-state index contributed by atoms with van der Waals surface area (Å²) in [4.78, 5) is 42.9. The van der Waals surface area contributed by atoms with Gasteiger partial charge in [-0.3, -0.25) is 14.4 Å². The third-order valence-corrected chi connectivity index (χ3v) is 6.47. The molecule has 4 rings (SSSR count). The highest BCUT2D eigenvalue weighted by Gasteiger charge is 2.33. The van der Waals surface area contributed by atoms with Gasteiger partial charge in [-0.2, -0.15) is 9.61 Å². The first-order valence-corrected chi connectivity index (χ1v) is 11.1. The summed E-state index contributed by atoms with van der Waals surface area (Å²) < 4.78 is 1.34. The molecule has 3 heterocycles. The fourth-order valence-corrected chi connectivity index (χ4v) is 4.54. The fourth-order valence-electron chi connectivity index (χ4n) is 4.10. The molecule has 0 saturated carbocycles. The number of aromatic nitrogens is 3. The standard InChI is InChI=1S/C22H23Cl2N5O3/c1-11-12(2)25-18-10-16(27-29(18)21(11)31)17-6-4-5-9-28(17)22(32)19-14(23)7-8-15(24)20(19)26-13(3)30/h7-8,10,17,25H,4-6,9H2,1-3H3,(H,26,30)/t17-/m0/s1. The molecule has 2 N–H and O–H groups in total. The first kappa shape index (κ1) is 22.4. The predicted molar refractivity (Wildman–Crippen MR) is 124 cm³/mol. The zero-order valence-electron chi connectivity index (χ0n) is 18.0. The van der Waals surface area contributed by atoms with Crippen LogP contribution in [-0.4, -0.2) is 37.9 Å². The lowest BCUT2D eigenvalue weighted by Gasteiger charge is -2.35. The number of hydrogen-bond donors (Lipinski definition) is 2. The number of nitrogens with one attached hydrogen (secondary N) is 2. The number of carbonyl (C=O) groups is 2. The Hall–Kier alpha value is -2.84. The highest BCUT2D eigenvalue weighted by molar-refractivity contribution is 6.39. The van der Waals surface area contributed by atoms with Crippen molar-refractivity contribution < 1.29 is 9.59 Å². The Morgan fingerprint density at radius 2 is 1.91 bits per heavy atom. The molecule has 0 aliphatic carbocycles. The molecule has 1 aromatic carbocycles. The first-order chi connectivity index (χ1) is 15.2. The van der Waals surface area contributed by atoms with E-state index in [1.807, 2.05) is 6.92 Å². The lowest BCUT2D eigenvalue weighted by molar-refractivity contribution is -0.114. The molecule has 0 radical (unpaired) electrons. The van der Waals surface area contributed by atoms with Gasteiger partial charge in [-0.1, -0.05) is 23.2 Å². The third-order valence-electron chi connectivity index (χ3n) is 5.84. The van der Waals surface area contributed by atoms with Crippen LogP contribution in [0.1, 0.15) is 59.5 Å². The number of H-pyrrole nitrogens is 1. The molecule has 0 bridgehead atoms. The summed E-state index contributed by atoms with van der Waals surface area (Å²) in [5.74, 6) is -0.704. The average molecular weight is 476 g/mol. The van der Waals surface area contributed by atoms with E-state index >= 15 is 0 Å². The van der Waals surface area contributed by atoms with Gasteiger partial charge in [0.05, 0.1) is 33.0 Å². The molecular formula is C22H23Cl2N5O3. The SMILES string of the molecule is CC(=O)Nc1c(Cl)ccc(Cl)c1C(=O)N1CCCC[C@H]1c1cc2[nH]c(C)c(C)c(=O)n2n1. The van der Waals surface area contributed by atoms with Crippen LogP contribution < -0.4 is 10.9 Å². The number of aromatic amines is 1. The Morgan fingerprint density at radius 1 is 1.19 bits per heavy atom. The molecule has 168 valence electrons. The number of hydrogen-bond acceptors (Lipinski definition) is 4. The van der Waals surface area contributed by atoms with E-state index in [1.54, 1.807) is 17.9 Å². The number of halogens is 2. The summed E-state index contributed by atoms with van der Waals surface area (Å²) in [7, 11) is 0. The van der Waals surface area contributed by atoms with Crippen LogP contribution in [0, 0.1) is 13.8 Å². The first-order valence-electron chi connectivity index (χ1n) is 10.3. The maximum atomic E-state index is 13.7. The van der Waals surface area contributed by atoms with E-state index in [2.05, 4.69) is 15.4 Å². The molecule has 0 unspecified atom stereocenters. The number of rotatable bonds is 3. The van der Waals surface area contributed by atoms with Crippen molar-refractivity contribution >= 4 is 46.4 Å². The van der Waals surface area contributed by atoms with Crippen molar-refractivity contribution in [1.29, 1.82) is 0 Å². The van der Waals surface area contributed by atoms with Gasteiger partial charge in [0.2, 0.25) is 5.91 Å². The molecule has 1 aliphatic heterocycles. The molecule has 8 nitrogen and oxygen atoms in total. The van der Waals surface area contributed by atoms with Crippen molar-refractivity contribution in [3.8, 4) is 0 Å². The lowest BCUT2D eigenvalue weighted by Crippen LogP contribution is -2.39. The van der Waals surface area contributed by atoms with Crippen LogP contribution in [-0.2, 0) is 4.79 Å². The molecule has 0 spiro atoms. The number of aryl methyl sites for hydroxylation is 1. The summed E-state index contributed by atoms with van der Waals surface area (Å²) in [6.07, 6.45) is 2.42. The molecule has 2 aromatic heterocycles. The highest BCUT2D eigenvalue weighted by atomic mass is 35.5. The molecule has 32 heavy (non-hydrogen) atoms. The minimum Gasteiger partial charge on any atom is -0.343 e. The van der Waals surface area contributed by atoms with E-state index in [1.165, 1.54) is 23.6 Å². The summed E-state index contributed by atoms with van der Waals surface area (Å²) in [6.45, 7) is 5.42. The topological polar surface area (TPSA) is 99.6 Å². The molecule has 10 heteroatoms. The predicted octanol–water partition coefficient (Wildman–Crippen LogP) is 4.27. The molecule has 3 aromatic rings. The Labute approximate surface area is 194 Å². The number of benzene rings is 1. The second-order valence-electron chi connectivity index (χ2n) is 8.02. The van der Waals surface area contributed by atoms with Crippen molar-refractivity contribution in [2.75, 3.05) is 11.9 Å². The molecule has 1 atom stereocenters. The Morgan fingerprint density at radius 3 is 2.62 bits per heavy atom. The van der Waals surface area contributed by atoms with Gasteiger partial charge in [0.1, 0.15) is 5.65 Å². The summed E-state index contributed by atoms with van der Waals surface area (Å²) in [5.41, 5.74) is 2.71. The summed E-state index contributed by atoms with van der Waals surface area (Å²) in [5, 5.41) is 7.58. The number of nitrogens with zero attached hydrogens (tertiary/aromatic N) is 3. The molecule has 2 amide bonds. The van der Waals surface area contributed by atoms with E-state index in [9.17, 15) is 14.4 Å². The third kappa shape index (κ3) is 3.89. The van der Waals surface area contributed by atoms with E-state index in [0.29, 0.717) is 29.9 Å². The zero-order valence-corrected chi connectivity index (χ0v) is 19.5. The quantitative estimate of drug-likeness (QED) is 0.590. The van der Waals surface area contributed by atoms with Crippen LogP contribution in [0.15, 0.2) is 23.0 Å². The van der Waals surface area contributed by atoms with Gasteiger partial charge in [-0.25, -0.2) is 0 Å². The Bertz CT molecular complexity index is 1300. The van der Waals surface area contributed by atoms with Crippen molar-refractivity contribution in [1.82, 2.24) is 19.5 Å². The van der Waals surface area contributed by atoms with E-state index in [0.717, 1.165) is 18.5 Å². The smallest absolute Gasteiger partial charge is 0.277 e. The molecule has 1 aliphatic rings. The minimum absolute atomic E-state index is 0.146. The van der Waals surface area contributed by atoms with E-state index in [-0.39, 0.29) is 44.7 Å². The number of anilines is 1. The normalized spacial score (nSPS) is 16.4. The van der Waals surface area contributed by atoms with Gasteiger partial charge in [0, 0.05) is 30.8 Å². The van der Waals surface area contributed by atoms with Gasteiger partial charge < -0.3 is 15.2 Å². The Balaban J connectivity index is 1.79. The second-order valence-corrected chi connectivity index (χ2v) is 8.83. The largest absolute Gasteiger partial charge is 0.343 e.